The molecule has 10 heteroatoms. The number of halogens is 1. The average molecular weight is 512 g/mol. The number of nitrogens with zero attached hydrogens (tertiary/aromatic N) is 4. The Bertz CT molecular complexity index is 1250. The van der Waals surface area contributed by atoms with Crippen molar-refractivity contribution in [2.45, 2.75) is 56.5 Å². The van der Waals surface area contributed by atoms with E-state index in [-0.39, 0.29) is 0 Å². The lowest BCUT2D eigenvalue weighted by atomic mass is 9.95. The summed E-state index contributed by atoms with van der Waals surface area (Å²) in [5, 5.41) is 15.5. The quantitative estimate of drug-likeness (QED) is 0.494. The van der Waals surface area contributed by atoms with Crippen molar-refractivity contribution in [3.8, 4) is 17.4 Å². The van der Waals surface area contributed by atoms with E-state index in [0.717, 1.165) is 37.1 Å². The van der Waals surface area contributed by atoms with Crippen LogP contribution in [0.4, 0.5) is 0 Å². The summed E-state index contributed by atoms with van der Waals surface area (Å²) in [6, 6.07) is 6.80. The van der Waals surface area contributed by atoms with Crippen LogP contribution in [0.3, 0.4) is 0 Å². The highest BCUT2D eigenvalue weighted by Crippen LogP contribution is 2.39. The van der Waals surface area contributed by atoms with E-state index in [1.54, 1.807) is 25.6 Å². The number of hydrogen-bond acceptors (Lipinski definition) is 9. The first kappa shape index (κ1) is 23.7. The summed E-state index contributed by atoms with van der Waals surface area (Å²) in [5.41, 5.74) is 2.84. The summed E-state index contributed by atoms with van der Waals surface area (Å²) < 4.78 is 16.5. The molecule has 2 N–H and O–H groups in total. The monoisotopic (exact) mass is 511 g/mol. The standard InChI is InChI=1S/C26H30ClN5O4/c1-34-24-13-30-20-5-4-19(27)25(26(20)31-24)21(33)14-32-17-2-3-18(32)9-15(8-17)28-11-16-10-22-23(12-29-16)36-7-6-35-22/h4-5,10,12-13,15,17-18,21,28,33H,2-3,6-9,11,14H2,1H3. The highest BCUT2D eigenvalue weighted by Gasteiger charge is 2.41. The molecule has 3 aliphatic rings. The number of fused-ring (bicyclic) bond motifs is 4. The van der Waals surface area contributed by atoms with Crippen LogP contribution >= 0.6 is 11.6 Å². The van der Waals surface area contributed by atoms with Crippen molar-refractivity contribution in [2.75, 3.05) is 26.9 Å². The van der Waals surface area contributed by atoms with Gasteiger partial charge in [-0.25, -0.2) is 9.97 Å². The molecule has 0 aliphatic carbocycles. The number of pyridine rings is 1. The zero-order chi connectivity index (χ0) is 24.6. The first-order valence-corrected chi connectivity index (χ1v) is 12.9. The van der Waals surface area contributed by atoms with E-state index < -0.39 is 6.10 Å². The van der Waals surface area contributed by atoms with Crippen LogP contribution in [0.5, 0.6) is 17.4 Å². The van der Waals surface area contributed by atoms with Gasteiger partial charge in [-0.1, -0.05) is 11.6 Å². The van der Waals surface area contributed by atoms with Crippen LogP contribution in [0, 0.1) is 0 Å². The number of aliphatic hydroxyl groups is 1. The molecule has 2 bridgehead atoms. The highest BCUT2D eigenvalue weighted by molar-refractivity contribution is 6.32. The Morgan fingerprint density at radius 2 is 1.92 bits per heavy atom. The van der Waals surface area contributed by atoms with Crippen molar-refractivity contribution >= 4 is 22.6 Å². The van der Waals surface area contributed by atoms with Crippen molar-refractivity contribution in [3.05, 3.63) is 46.9 Å². The number of benzene rings is 1. The van der Waals surface area contributed by atoms with Crippen molar-refractivity contribution in [1.29, 1.82) is 0 Å². The van der Waals surface area contributed by atoms with Gasteiger partial charge in [0.1, 0.15) is 18.7 Å². The van der Waals surface area contributed by atoms with Crippen molar-refractivity contribution in [1.82, 2.24) is 25.2 Å². The summed E-state index contributed by atoms with van der Waals surface area (Å²) in [7, 11) is 1.55. The fourth-order valence-corrected chi connectivity index (χ4v) is 6.12. The molecule has 3 atom stereocenters. The Kier molecular flexibility index (Phi) is 6.55. The zero-order valence-electron chi connectivity index (χ0n) is 20.2. The van der Waals surface area contributed by atoms with Gasteiger partial charge in [-0.05, 0) is 37.8 Å². The number of rotatable bonds is 7. The van der Waals surface area contributed by atoms with Gasteiger partial charge in [0.25, 0.3) is 0 Å². The van der Waals surface area contributed by atoms with Crippen LogP contribution in [0.15, 0.2) is 30.6 Å². The van der Waals surface area contributed by atoms with Crippen LogP contribution < -0.4 is 19.5 Å². The van der Waals surface area contributed by atoms with Gasteiger partial charge in [0.15, 0.2) is 11.5 Å². The first-order chi connectivity index (χ1) is 17.6. The van der Waals surface area contributed by atoms with Gasteiger partial charge in [-0.3, -0.25) is 9.88 Å². The summed E-state index contributed by atoms with van der Waals surface area (Å²) in [6.45, 7) is 2.34. The third-order valence-electron chi connectivity index (χ3n) is 7.55. The normalized spacial score (nSPS) is 24.1. The number of hydrogen-bond donors (Lipinski definition) is 2. The number of nitrogens with one attached hydrogen (secondary N) is 1. The number of ether oxygens (including phenoxy) is 3. The summed E-state index contributed by atoms with van der Waals surface area (Å²) >= 11 is 6.55. The molecule has 2 aromatic heterocycles. The van der Waals surface area contributed by atoms with Crippen molar-refractivity contribution in [2.24, 2.45) is 0 Å². The third-order valence-corrected chi connectivity index (χ3v) is 7.88. The fraction of sp³-hybridized carbons (Fsp3) is 0.500. The molecule has 5 heterocycles. The maximum absolute atomic E-state index is 11.3. The van der Waals surface area contributed by atoms with Crippen LogP contribution in [0.2, 0.25) is 5.02 Å². The van der Waals surface area contributed by atoms with Crippen molar-refractivity contribution in [3.63, 3.8) is 0 Å². The lowest BCUT2D eigenvalue weighted by Crippen LogP contribution is -2.50. The molecule has 0 amide bonds. The second-order valence-corrected chi connectivity index (χ2v) is 10.1. The molecule has 3 aromatic rings. The Labute approximate surface area is 214 Å². The number of aromatic nitrogens is 3. The van der Waals surface area contributed by atoms with Gasteiger partial charge in [0.2, 0.25) is 5.88 Å². The molecule has 0 saturated carbocycles. The predicted molar refractivity (Wildman–Crippen MR) is 135 cm³/mol. The lowest BCUT2D eigenvalue weighted by molar-refractivity contribution is 0.0521. The second-order valence-electron chi connectivity index (χ2n) is 9.71. The smallest absolute Gasteiger partial charge is 0.232 e. The lowest BCUT2D eigenvalue weighted by Gasteiger charge is -2.40. The van der Waals surface area contributed by atoms with E-state index in [9.17, 15) is 5.11 Å². The molecule has 9 nitrogen and oxygen atoms in total. The minimum atomic E-state index is -0.767. The molecule has 190 valence electrons. The zero-order valence-corrected chi connectivity index (χ0v) is 20.9. The van der Waals surface area contributed by atoms with Crippen LogP contribution in [0.25, 0.3) is 11.0 Å². The Balaban J connectivity index is 1.12. The SMILES string of the molecule is COc1cnc2ccc(Cl)c(C(O)CN3C4CCC3CC(NCc3cc5c(cn3)OCCO5)C4)c2n1. The molecule has 0 radical (unpaired) electrons. The van der Waals surface area contributed by atoms with Crippen LogP contribution in [-0.4, -0.2) is 70.0 Å². The van der Waals surface area contributed by atoms with Gasteiger partial charge < -0.3 is 24.6 Å². The van der Waals surface area contributed by atoms with E-state index in [1.807, 2.05) is 12.1 Å². The largest absolute Gasteiger partial charge is 0.486 e. The molecule has 2 saturated heterocycles. The minimum absolute atomic E-state index is 0.401. The van der Waals surface area contributed by atoms with Gasteiger partial charge in [-0.15, -0.1) is 0 Å². The Morgan fingerprint density at radius 3 is 2.69 bits per heavy atom. The molecule has 6 rings (SSSR count). The van der Waals surface area contributed by atoms with E-state index in [1.165, 1.54) is 0 Å². The summed E-state index contributed by atoms with van der Waals surface area (Å²) in [6.07, 6.45) is 6.89. The Hall–Kier alpha value is -2.72. The third kappa shape index (κ3) is 4.56. The van der Waals surface area contributed by atoms with E-state index in [2.05, 4.69) is 25.2 Å². The number of aliphatic hydroxyl groups excluding tert-OH is 1. The van der Waals surface area contributed by atoms with E-state index >= 15 is 0 Å². The van der Waals surface area contributed by atoms with Gasteiger partial charge in [-0.2, -0.15) is 0 Å². The summed E-state index contributed by atoms with van der Waals surface area (Å²) in [4.78, 5) is 15.9. The van der Waals surface area contributed by atoms with Gasteiger partial charge >= 0.3 is 0 Å². The topological polar surface area (TPSA) is 102 Å². The maximum atomic E-state index is 11.3. The van der Waals surface area contributed by atoms with Gasteiger partial charge in [0.05, 0.1) is 36.8 Å². The minimum Gasteiger partial charge on any atom is -0.486 e. The molecular formula is C26H30ClN5O4. The predicted octanol–water partition coefficient (Wildman–Crippen LogP) is 3.28. The maximum Gasteiger partial charge on any atom is 0.232 e. The number of methoxy groups -OCH3 is 1. The molecule has 36 heavy (non-hydrogen) atoms. The Morgan fingerprint density at radius 1 is 1.14 bits per heavy atom. The average Bonchev–Trinajstić information content (AvgIpc) is 3.13. The molecule has 3 aliphatic heterocycles. The van der Waals surface area contributed by atoms with E-state index in [0.29, 0.717) is 77.7 Å². The summed E-state index contributed by atoms with van der Waals surface area (Å²) in [5.74, 6) is 1.88. The van der Waals surface area contributed by atoms with E-state index in [4.69, 9.17) is 25.8 Å². The molecule has 3 unspecified atom stereocenters. The first-order valence-electron chi connectivity index (χ1n) is 12.5. The molecule has 0 spiro atoms. The van der Waals surface area contributed by atoms with Gasteiger partial charge in [0, 0.05) is 47.9 Å². The number of piperidine rings is 1. The highest BCUT2D eigenvalue weighted by atomic mass is 35.5. The second kappa shape index (κ2) is 9.97. The molecule has 2 fully saturated rings. The molecular weight excluding hydrogens is 482 g/mol. The van der Waals surface area contributed by atoms with Crippen molar-refractivity contribution < 1.29 is 19.3 Å². The van der Waals surface area contributed by atoms with Crippen LogP contribution in [0.1, 0.15) is 43.0 Å². The van der Waals surface area contributed by atoms with Crippen LogP contribution in [-0.2, 0) is 6.54 Å². The molecule has 1 aromatic carbocycles. The fourth-order valence-electron chi connectivity index (χ4n) is 5.84.